The van der Waals surface area contributed by atoms with E-state index >= 15 is 0 Å². The van der Waals surface area contributed by atoms with Crippen molar-refractivity contribution < 1.29 is 0 Å². The van der Waals surface area contributed by atoms with Crippen LogP contribution in [0.25, 0.3) is 0 Å². The van der Waals surface area contributed by atoms with Gasteiger partial charge in [-0.1, -0.05) is 0 Å². The largest absolute Gasteiger partial charge is 0.363 e. The Labute approximate surface area is 132 Å². The summed E-state index contributed by atoms with van der Waals surface area (Å²) in [6.07, 6.45) is 2.84. The van der Waals surface area contributed by atoms with Gasteiger partial charge in [-0.05, 0) is 47.2 Å². The molecule has 22 heavy (non-hydrogen) atoms. The van der Waals surface area contributed by atoms with Gasteiger partial charge in [-0.2, -0.15) is 5.10 Å². The van der Waals surface area contributed by atoms with Gasteiger partial charge in [-0.25, -0.2) is 0 Å². The Morgan fingerprint density at radius 1 is 1.27 bits per heavy atom. The average molecular weight is 302 g/mol. The zero-order chi connectivity index (χ0) is 16.3. The number of nitrogens with zero attached hydrogens (tertiary/aromatic N) is 3. The predicted octanol–water partition coefficient (Wildman–Crippen LogP) is 2.33. The number of pyridine rings is 1. The molecule has 0 fully saturated rings. The summed E-state index contributed by atoms with van der Waals surface area (Å²) >= 11 is 0. The van der Waals surface area contributed by atoms with Gasteiger partial charge < -0.3 is 9.88 Å². The monoisotopic (exact) mass is 302 g/mol. The highest BCUT2D eigenvalue weighted by atomic mass is 16.1. The first-order valence-corrected chi connectivity index (χ1v) is 7.76. The SMILES string of the molecule is Cc1cc(C)n(CCCN(C)Cc2[nH]cc(C)c(=O)c2C)n1. The molecule has 0 aromatic carbocycles. The van der Waals surface area contributed by atoms with Crippen LogP contribution < -0.4 is 5.43 Å². The molecule has 0 radical (unpaired) electrons. The first kappa shape index (κ1) is 16.5. The molecular formula is C17H26N4O. The van der Waals surface area contributed by atoms with Gasteiger partial charge in [0.05, 0.1) is 5.69 Å². The lowest BCUT2D eigenvalue weighted by Gasteiger charge is -2.18. The second kappa shape index (κ2) is 6.92. The predicted molar refractivity (Wildman–Crippen MR) is 89.2 cm³/mol. The van der Waals surface area contributed by atoms with Crippen LogP contribution >= 0.6 is 0 Å². The lowest BCUT2D eigenvalue weighted by molar-refractivity contribution is 0.306. The Hall–Kier alpha value is -1.88. The molecule has 0 spiro atoms. The summed E-state index contributed by atoms with van der Waals surface area (Å²) in [5, 5.41) is 4.48. The van der Waals surface area contributed by atoms with E-state index in [2.05, 4.69) is 39.7 Å². The van der Waals surface area contributed by atoms with E-state index in [0.717, 1.165) is 48.6 Å². The van der Waals surface area contributed by atoms with Crippen LogP contribution in [0.15, 0.2) is 17.1 Å². The Morgan fingerprint density at radius 2 is 2.00 bits per heavy atom. The third-order valence-electron chi connectivity index (χ3n) is 4.06. The smallest absolute Gasteiger partial charge is 0.187 e. The summed E-state index contributed by atoms with van der Waals surface area (Å²) in [4.78, 5) is 17.4. The van der Waals surface area contributed by atoms with Crippen molar-refractivity contribution in [3.63, 3.8) is 0 Å². The normalized spacial score (nSPS) is 11.4. The first-order chi connectivity index (χ1) is 10.4. The molecule has 5 nitrogen and oxygen atoms in total. The van der Waals surface area contributed by atoms with E-state index in [-0.39, 0.29) is 5.43 Å². The number of aromatic amines is 1. The number of H-pyrrole nitrogens is 1. The van der Waals surface area contributed by atoms with E-state index in [4.69, 9.17) is 0 Å². The highest BCUT2D eigenvalue weighted by Crippen LogP contribution is 2.06. The molecule has 0 unspecified atom stereocenters. The molecule has 2 aromatic heterocycles. The molecule has 0 aliphatic heterocycles. The molecule has 2 heterocycles. The van der Waals surface area contributed by atoms with E-state index < -0.39 is 0 Å². The van der Waals surface area contributed by atoms with Crippen molar-refractivity contribution in [1.29, 1.82) is 0 Å². The molecule has 0 amide bonds. The van der Waals surface area contributed by atoms with Gasteiger partial charge in [-0.15, -0.1) is 0 Å². The zero-order valence-corrected chi connectivity index (χ0v) is 14.2. The fraction of sp³-hybridized carbons (Fsp3) is 0.529. The minimum atomic E-state index is 0.143. The number of rotatable bonds is 6. The minimum absolute atomic E-state index is 0.143. The quantitative estimate of drug-likeness (QED) is 0.891. The van der Waals surface area contributed by atoms with Gasteiger partial charge in [0.1, 0.15) is 0 Å². The van der Waals surface area contributed by atoms with Crippen molar-refractivity contribution in [2.45, 2.75) is 47.2 Å². The maximum absolute atomic E-state index is 12.0. The topological polar surface area (TPSA) is 53.9 Å². The minimum Gasteiger partial charge on any atom is -0.363 e. The van der Waals surface area contributed by atoms with Crippen LogP contribution in [0.1, 0.15) is 34.6 Å². The summed E-state index contributed by atoms with van der Waals surface area (Å²) in [5.41, 5.74) is 5.02. The average Bonchev–Trinajstić information content (AvgIpc) is 2.78. The van der Waals surface area contributed by atoms with Gasteiger partial charge in [0, 0.05) is 48.3 Å². The van der Waals surface area contributed by atoms with Gasteiger partial charge in [-0.3, -0.25) is 9.48 Å². The van der Waals surface area contributed by atoms with Crippen molar-refractivity contribution in [3.8, 4) is 0 Å². The van der Waals surface area contributed by atoms with Crippen molar-refractivity contribution in [1.82, 2.24) is 19.7 Å². The van der Waals surface area contributed by atoms with E-state index in [1.165, 1.54) is 5.69 Å². The fourth-order valence-electron chi connectivity index (χ4n) is 2.71. The zero-order valence-electron chi connectivity index (χ0n) is 14.2. The van der Waals surface area contributed by atoms with Crippen LogP contribution in [-0.4, -0.2) is 33.3 Å². The molecule has 0 saturated carbocycles. The fourth-order valence-corrected chi connectivity index (χ4v) is 2.71. The van der Waals surface area contributed by atoms with Gasteiger partial charge >= 0.3 is 0 Å². The third-order valence-corrected chi connectivity index (χ3v) is 4.06. The van der Waals surface area contributed by atoms with E-state index in [0.29, 0.717) is 0 Å². The van der Waals surface area contributed by atoms with Crippen molar-refractivity contribution in [2.24, 2.45) is 0 Å². The van der Waals surface area contributed by atoms with Crippen molar-refractivity contribution in [2.75, 3.05) is 13.6 Å². The molecule has 5 heteroatoms. The van der Waals surface area contributed by atoms with Crippen LogP contribution in [-0.2, 0) is 13.1 Å². The van der Waals surface area contributed by atoms with E-state index in [9.17, 15) is 4.79 Å². The van der Waals surface area contributed by atoms with Crippen molar-refractivity contribution >= 4 is 0 Å². The van der Waals surface area contributed by atoms with Crippen LogP contribution in [0, 0.1) is 27.7 Å². The number of aryl methyl sites for hydroxylation is 4. The molecule has 2 rings (SSSR count). The van der Waals surface area contributed by atoms with Crippen LogP contribution in [0.5, 0.6) is 0 Å². The number of nitrogens with one attached hydrogen (secondary N) is 1. The first-order valence-electron chi connectivity index (χ1n) is 7.76. The van der Waals surface area contributed by atoms with Gasteiger partial charge in [0.15, 0.2) is 5.43 Å². The molecule has 1 N–H and O–H groups in total. The maximum Gasteiger partial charge on any atom is 0.187 e. The van der Waals surface area contributed by atoms with Crippen LogP contribution in [0.3, 0.4) is 0 Å². The van der Waals surface area contributed by atoms with E-state index in [1.54, 1.807) is 6.20 Å². The second-order valence-corrected chi connectivity index (χ2v) is 6.15. The molecule has 0 saturated heterocycles. The van der Waals surface area contributed by atoms with Crippen LogP contribution in [0.2, 0.25) is 0 Å². The number of hydrogen-bond donors (Lipinski definition) is 1. The Kier molecular flexibility index (Phi) is 5.19. The van der Waals surface area contributed by atoms with Crippen molar-refractivity contribution in [3.05, 3.63) is 50.7 Å². The Morgan fingerprint density at radius 3 is 2.64 bits per heavy atom. The maximum atomic E-state index is 12.0. The Bertz CT molecular complexity index is 699. The van der Waals surface area contributed by atoms with E-state index in [1.807, 2.05) is 20.8 Å². The summed E-state index contributed by atoms with van der Waals surface area (Å²) < 4.78 is 2.06. The molecule has 0 bridgehead atoms. The molecule has 120 valence electrons. The molecule has 0 aliphatic carbocycles. The second-order valence-electron chi connectivity index (χ2n) is 6.15. The highest BCUT2D eigenvalue weighted by Gasteiger charge is 2.08. The number of hydrogen-bond acceptors (Lipinski definition) is 3. The summed E-state index contributed by atoms with van der Waals surface area (Å²) in [5.74, 6) is 0. The van der Waals surface area contributed by atoms with Crippen LogP contribution in [0.4, 0.5) is 0 Å². The van der Waals surface area contributed by atoms with Gasteiger partial charge in [0.25, 0.3) is 0 Å². The summed E-state index contributed by atoms with van der Waals surface area (Å²) in [6.45, 7) is 10.5. The molecule has 2 aromatic rings. The van der Waals surface area contributed by atoms with Gasteiger partial charge in [0.2, 0.25) is 0 Å². The number of aromatic nitrogens is 3. The standard InChI is InChI=1S/C17H26N4O/c1-12-10-18-16(15(4)17(12)22)11-20(5)7-6-8-21-14(3)9-13(2)19-21/h9-10H,6-8,11H2,1-5H3,(H,18,22). The molecular weight excluding hydrogens is 276 g/mol. The summed E-state index contributed by atoms with van der Waals surface area (Å²) in [6, 6.07) is 2.10. The Balaban J connectivity index is 1.88. The lowest BCUT2D eigenvalue weighted by atomic mass is 10.1. The third kappa shape index (κ3) is 3.85. The molecule has 0 aliphatic rings. The lowest BCUT2D eigenvalue weighted by Crippen LogP contribution is -2.24. The highest BCUT2D eigenvalue weighted by molar-refractivity contribution is 5.23. The summed E-state index contributed by atoms with van der Waals surface area (Å²) in [7, 11) is 2.08. The molecule has 0 atom stereocenters.